The molecule has 1 atom stereocenters. The summed E-state index contributed by atoms with van der Waals surface area (Å²) in [6.07, 6.45) is 1.32. The third kappa shape index (κ3) is 4.91. The van der Waals surface area contributed by atoms with Crippen molar-refractivity contribution in [3.8, 4) is 22.9 Å². The Morgan fingerprint density at radius 1 is 1.03 bits per heavy atom. The number of sulfonamides is 1. The fourth-order valence-corrected chi connectivity index (χ4v) is 4.86. The first kappa shape index (κ1) is 25.5. The van der Waals surface area contributed by atoms with Crippen LogP contribution in [0.4, 0.5) is 11.8 Å². The van der Waals surface area contributed by atoms with E-state index in [4.69, 9.17) is 15.9 Å². The monoisotopic (exact) mass is 538 g/mol. The zero-order valence-corrected chi connectivity index (χ0v) is 21.4. The molecule has 5 N–H and O–H groups in total. The lowest BCUT2D eigenvalue weighted by atomic mass is 10.0. The van der Waals surface area contributed by atoms with Crippen molar-refractivity contribution < 1.29 is 8.42 Å². The Kier molecular flexibility index (Phi) is 6.53. The molecule has 5 aromatic rings. The van der Waals surface area contributed by atoms with Crippen LogP contribution in [0.1, 0.15) is 24.4 Å². The van der Waals surface area contributed by atoms with Crippen LogP contribution in [-0.4, -0.2) is 27.9 Å². The van der Waals surface area contributed by atoms with E-state index in [9.17, 15) is 18.5 Å². The number of rotatable bonds is 6. The number of primary sulfonamides is 1. The number of fused-ring (bicyclic) bond motifs is 1. The van der Waals surface area contributed by atoms with Gasteiger partial charge in [-0.05, 0) is 48.4 Å². The Morgan fingerprint density at radius 2 is 1.77 bits per heavy atom. The van der Waals surface area contributed by atoms with Gasteiger partial charge in [0, 0.05) is 0 Å². The predicted molar refractivity (Wildman–Crippen MR) is 147 cm³/mol. The van der Waals surface area contributed by atoms with Crippen molar-refractivity contribution >= 4 is 32.7 Å². The van der Waals surface area contributed by atoms with Crippen LogP contribution in [0.5, 0.6) is 0 Å². The molecule has 0 saturated carbocycles. The molecule has 0 bridgehead atoms. The minimum Gasteiger partial charge on any atom is -0.368 e. The maximum Gasteiger partial charge on any atom is 0.266 e. The SMILES string of the molecule is C[C@H](Nc1nc(N)ncc1C#N)c1nc2cccc(-c3cccc(S(N)(=O)=O)c3)c2c(=O)n1-c1ccccc1. The molecule has 0 spiro atoms. The second-order valence-corrected chi connectivity index (χ2v) is 10.2. The van der Waals surface area contributed by atoms with E-state index in [1.165, 1.54) is 22.9 Å². The maximum atomic E-state index is 14.2. The van der Waals surface area contributed by atoms with E-state index < -0.39 is 16.1 Å². The molecular weight excluding hydrogens is 516 g/mol. The van der Waals surface area contributed by atoms with Crippen LogP contribution in [0.15, 0.2) is 88.7 Å². The Hall–Kier alpha value is -5.12. The molecule has 0 fully saturated rings. The number of para-hydroxylation sites is 1. The molecule has 0 amide bonds. The van der Waals surface area contributed by atoms with E-state index in [2.05, 4.69) is 15.3 Å². The van der Waals surface area contributed by atoms with E-state index in [1.54, 1.807) is 61.5 Å². The molecule has 3 aromatic carbocycles. The summed E-state index contributed by atoms with van der Waals surface area (Å²) in [7, 11) is -3.95. The van der Waals surface area contributed by atoms with Crippen LogP contribution in [0, 0.1) is 11.3 Å². The molecule has 2 heterocycles. The number of nitriles is 1. The second kappa shape index (κ2) is 9.97. The topological polar surface area (TPSA) is 183 Å². The number of nitrogen functional groups attached to an aromatic ring is 1. The summed E-state index contributed by atoms with van der Waals surface area (Å²) in [5.74, 6) is 0.553. The van der Waals surface area contributed by atoms with Gasteiger partial charge < -0.3 is 11.1 Å². The predicted octanol–water partition coefficient (Wildman–Crippen LogP) is 3.12. The molecule has 0 unspecified atom stereocenters. The third-order valence-corrected chi connectivity index (χ3v) is 6.99. The lowest BCUT2D eigenvalue weighted by Crippen LogP contribution is -2.28. The largest absolute Gasteiger partial charge is 0.368 e. The Morgan fingerprint density at radius 3 is 2.49 bits per heavy atom. The number of benzene rings is 3. The average Bonchev–Trinajstić information content (AvgIpc) is 2.93. The van der Waals surface area contributed by atoms with Gasteiger partial charge in [0.2, 0.25) is 16.0 Å². The van der Waals surface area contributed by atoms with Gasteiger partial charge in [0.1, 0.15) is 23.3 Å². The van der Waals surface area contributed by atoms with Crippen molar-refractivity contribution in [3.05, 3.63) is 101 Å². The first-order chi connectivity index (χ1) is 18.7. The van der Waals surface area contributed by atoms with E-state index >= 15 is 0 Å². The van der Waals surface area contributed by atoms with Crippen LogP contribution in [-0.2, 0) is 10.0 Å². The Labute approximate surface area is 223 Å². The van der Waals surface area contributed by atoms with Crippen LogP contribution >= 0.6 is 0 Å². The van der Waals surface area contributed by atoms with Crippen molar-refractivity contribution in [2.75, 3.05) is 11.1 Å². The molecule has 2 aromatic heterocycles. The summed E-state index contributed by atoms with van der Waals surface area (Å²) in [6, 6.07) is 21.7. The molecular formula is C27H22N8O3S. The summed E-state index contributed by atoms with van der Waals surface area (Å²) in [6.45, 7) is 1.78. The molecule has 11 nitrogen and oxygen atoms in total. The van der Waals surface area contributed by atoms with Crippen molar-refractivity contribution in [2.45, 2.75) is 17.9 Å². The van der Waals surface area contributed by atoms with Gasteiger partial charge in [-0.3, -0.25) is 9.36 Å². The number of hydrogen-bond donors (Lipinski definition) is 3. The molecule has 194 valence electrons. The minimum absolute atomic E-state index is 0.0120. The van der Waals surface area contributed by atoms with Crippen LogP contribution in [0.3, 0.4) is 0 Å². The lowest BCUT2D eigenvalue weighted by Gasteiger charge is -2.21. The van der Waals surface area contributed by atoms with Gasteiger partial charge in [0.25, 0.3) is 5.56 Å². The smallest absolute Gasteiger partial charge is 0.266 e. The number of nitrogens with one attached hydrogen (secondary N) is 1. The second-order valence-electron chi connectivity index (χ2n) is 8.69. The summed E-state index contributed by atoms with van der Waals surface area (Å²) in [5.41, 5.74) is 7.52. The normalized spacial score (nSPS) is 12.1. The van der Waals surface area contributed by atoms with E-state index in [1.807, 2.05) is 12.1 Å². The number of nitrogens with two attached hydrogens (primary N) is 2. The highest BCUT2D eigenvalue weighted by atomic mass is 32.2. The minimum atomic E-state index is -3.95. The molecule has 0 aliphatic carbocycles. The standard InChI is InChI=1S/C27H22N8O3S/c1-16(32-24-18(14-28)15-31-27(29)34-24)25-33-22-12-6-11-21(17-7-5-10-20(13-17)39(30,37)38)23(22)26(36)35(25)19-8-3-2-4-9-19/h2-13,15-16H,1H3,(H2,30,37,38)(H3,29,31,32,34)/t16-/m0/s1. The van der Waals surface area contributed by atoms with E-state index in [-0.39, 0.29) is 27.8 Å². The highest BCUT2D eigenvalue weighted by Gasteiger charge is 2.22. The zero-order chi connectivity index (χ0) is 27.7. The average molecular weight is 539 g/mol. The first-order valence-electron chi connectivity index (χ1n) is 11.7. The molecule has 0 radical (unpaired) electrons. The molecule has 12 heteroatoms. The number of aromatic nitrogens is 4. The quantitative estimate of drug-likeness (QED) is 0.292. The van der Waals surface area contributed by atoms with Gasteiger partial charge in [-0.15, -0.1) is 0 Å². The summed E-state index contributed by atoms with van der Waals surface area (Å²) in [5, 5.41) is 18.3. The maximum absolute atomic E-state index is 14.2. The molecule has 0 aliphatic heterocycles. The van der Waals surface area contributed by atoms with Crippen LogP contribution in [0.2, 0.25) is 0 Å². The van der Waals surface area contributed by atoms with Crippen molar-refractivity contribution in [3.63, 3.8) is 0 Å². The van der Waals surface area contributed by atoms with E-state index in [0.29, 0.717) is 33.5 Å². The molecule has 0 aliphatic rings. The highest BCUT2D eigenvalue weighted by Crippen LogP contribution is 2.29. The molecule has 39 heavy (non-hydrogen) atoms. The first-order valence-corrected chi connectivity index (χ1v) is 13.3. The lowest BCUT2D eigenvalue weighted by molar-refractivity contribution is 0.598. The highest BCUT2D eigenvalue weighted by molar-refractivity contribution is 7.89. The summed E-state index contributed by atoms with van der Waals surface area (Å²) in [4.78, 5) is 27.0. The van der Waals surface area contributed by atoms with Gasteiger partial charge >= 0.3 is 0 Å². The Balaban J connectivity index is 1.76. The van der Waals surface area contributed by atoms with Crippen LogP contribution < -0.4 is 21.7 Å². The van der Waals surface area contributed by atoms with Gasteiger partial charge in [-0.2, -0.15) is 10.2 Å². The zero-order valence-electron chi connectivity index (χ0n) is 20.6. The fraction of sp³-hybridized carbons (Fsp3) is 0.0741. The fourth-order valence-electron chi connectivity index (χ4n) is 4.30. The summed E-state index contributed by atoms with van der Waals surface area (Å²) >= 11 is 0. The van der Waals surface area contributed by atoms with E-state index in [0.717, 1.165) is 0 Å². The number of nitrogens with zero attached hydrogens (tertiary/aromatic N) is 5. The third-order valence-electron chi connectivity index (χ3n) is 6.08. The van der Waals surface area contributed by atoms with Gasteiger partial charge in [0.15, 0.2) is 0 Å². The van der Waals surface area contributed by atoms with Crippen molar-refractivity contribution in [2.24, 2.45) is 5.14 Å². The van der Waals surface area contributed by atoms with Gasteiger partial charge in [-0.25, -0.2) is 23.5 Å². The number of hydrogen-bond acceptors (Lipinski definition) is 9. The Bertz CT molecular complexity index is 1930. The summed E-state index contributed by atoms with van der Waals surface area (Å²) < 4.78 is 25.4. The molecule has 5 rings (SSSR count). The van der Waals surface area contributed by atoms with Crippen molar-refractivity contribution in [1.82, 2.24) is 19.5 Å². The van der Waals surface area contributed by atoms with Crippen LogP contribution in [0.25, 0.3) is 27.7 Å². The van der Waals surface area contributed by atoms with Gasteiger partial charge in [-0.1, -0.05) is 42.5 Å². The molecule has 0 saturated heterocycles. The number of anilines is 2. The van der Waals surface area contributed by atoms with Crippen molar-refractivity contribution in [1.29, 1.82) is 5.26 Å². The van der Waals surface area contributed by atoms with Gasteiger partial charge in [0.05, 0.1) is 33.7 Å².